The van der Waals surface area contributed by atoms with Crippen LogP contribution in [0.3, 0.4) is 0 Å². The third kappa shape index (κ3) is 6.18. The molecule has 1 N–H and O–H groups in total. The van der Waals surface area contributed by atoms with Crippen LogP contribution in [0.5, 0.6) is 0 Å². The van der Waals surface area contributed by atoms with Crippen LogP contribution in [0.25, 0.3) is 0 Å². The second-order valence-electron chi connectivity index (χ2n) is 5.62. The van der Waals surface area contributed by atoms with Gasteiger partial charge in [-0.05, 0) is 56.3 Å². The quantitative estimate of drug-likeness (QED) is 0.440. The number of anilines is 1. The number of amides is 1. The minimum Gasteiger partial charge on any atom is -0.452 e. The van der Waals surface area contributed by atoms with E-state index in [0.29, 0.717) is 11.3 Å². The molecular formula is C19H17F2NO4S. The first-order valence-corrected chi connectivity index (χ1v) is 8.94. The molecule has 5 nitrogen and oxygen atoms in total. The summed E-state index contributed by atoms with van der Waals surface area (Å²) in [6, 6.07) is 9.19. The largest absolute Gasteiger partial charge is 0.452 e. The number of thioether (sulfide) groups is 1. The molecule has 2 aromatic carbocycles. The summed E-state index contributed by atoms with van der Waals surface area (Å²) in [5.74, 6) is -2.92. The van der Waals surface area contributed by atoms with Gasteiger partial charge < -0.3 is 10.1 Å². The fraction of sp³-hybridized carbons (Fsp3) is 0.211. The molecule has 27 heavy (non-hydrogen) atoms. The lowest BCUT2D eigenvalue weighted by molar-refractivity contribution is -0.150. The summed E-state index contributed by atoms with van der Waals surface area (Å²) >= 11 is 0.778. The number of esters is 1. The Morgan fingerprint density at radius 2 is 1.78 bits per heavy atom. The van der Waals surface area contributed by atoms with Gasteiger partial charge in [-0.2, -0.15) is 0 Å². The van der Waals surface area contributed by atoms with Gasteiger partial charge in [0.1, 0.15) is 11.6 Å². The Kier molecular flexibility index (Phi) is 7.06. The Bertz CT molecular complexity index is 855. The van der Waals surface area contributed by atoms with Gasteiger partial charge in [0.2, 0.25) is 0 Å². The Hall–Kier alpha value is -2.74. The number of hydrogen-bond donors (Lipinski definition) is 1. The van der Waals surface area contributed by atoms with Gasteiger partial charge in [-0.3, -0.25) is 14.4 Å². The molecule has 0 unspecified atom stereocenters. The Balaban J connectivity index is 1.85. The predicted molar refractivity (Wildman–Crippen MR) is 97.7 cm³/mol. The van der Waals surface area contributed by atoms with E-state index in [1.165, 1.54) is 13.8 Å². The number of hydrogen-bond acceptors (Lipinski definition) is 5. The first-order valence-electron chi connectivity index (χ1n) is 7.95. The van der Waals surface area contributed by atoms with Crippen molar-refractivity contribution in [3.63, 3.8) is 0 Å². The van der Waals surface area contributed by atoms with Crippen LogP contribution in [0.15, 0.2) is 47.4 Å². The van der Waals surface area contributed by atoms with E-state index < -0.39 is 29.6 Å². The van der Waals surface area contributed by atoms with Crippen LogP contribution < -0.4 is 5.32 Å². The molecule has 0 spiro atoms. The van der Waals surface area contributed by atoms with Crippen LogP contribution in [-0.2, 0) is 14.3 Å². The first-order chi connectivity index (χ1) is 12.8. The smallest absolute Gasteiger partial charge is 0.317 e. The molecule has 142 valence electrons. The van der Waals surface area contributed by atoms with Crippen molar-refractivity contribution in [2.75, 3.05) is 11.1 Å². The van der Waals surface area contributed by atoms with Gasteiger partial charge in [0.25, 0.3) is 5.91 Å². The molecule has 0 aliphatic rings. The number of carbonyl (C=O) groups excluding carboxylic acids is 3. The third-order valence-electron chi connectivity index (χ3n) is 3.48. The van der Waals surface area contributed by atoms with Crippen LogP contribution >= 0.6 is 11.8 Å². The molecule has 0 radical (unpaired) electrons. The van der Waals surface area contributed by atoms with Crippen LogP contribution in [0, 0.1) is 11.6 Å². The summed E-state index contributed by atoms with van der Waals surface area (Å²) < 4.78 is 31.6. The van der Waals surface area contributed by atoms with Crippen molar-refractivity contribution in [3.8, 4) is 0 Å². The van der Waals surface area contributed by atoms with Crippen molar-refractivity contribution in [3.05, 3.63) is 59.7 Å². The summed E-state index contributed by atoms with van der Waals surface area (Å²) in [7, 11) is 0. The van der Waals surface area contributed by atoms with Crippen LogP contribution in [-0.4, -0.2) is 29.5 Å². The van der Waals surface area contributed by atoms with E-state index in [9.17, 15) is 23.2 Å². The Morgan fingerprint density at radius 3 is 2.41 bits per heavy atom. The number of Topliss-reactive ketones (excluding diaryl/α,β-unsaturated/α-hetero) is 1. The highest BCUT2D eigenvalue weighted by atomic mass is 32.2. The molecule has 2 aromatic rings. The second kappa shape index (κ2) is 9.27. The van der Waals surface area contributed by atoms with Gasteiger partial charge in [-0.15, -0.1) is 11.8 Å². The van der Waals surface area contributed by atoms with E-state index in [-0.39, 0.29) is 16.4 Å². The lowest BCUT2D eigenvalue weighted by Gasteiger charge is -2.13. The number of halogens is 2. The lowest BCUT2D eigenvalue weighted by atomic mass is 10.1. The summed E-state index contributed by atoms with van der Waals surface area (Å²) in [5.41, 5.74) is 0.957. The van der Waals surface area contributed by atoms with Gasteiger partial charge in [-0.25, -0.2) is 8.78 Å². The van der Waals surface area contributed by atoms with E-state index in [1.54, 1.807) is 24.3 Å². The molecule has 0 saturated heterocycles. The van der Waals surface area contributed by atoms with Crippen molar-refractivity contribution in [1.82, 2.24) is 0 Å². The zero-order chi connectivity index (χ0) is 20.0. The molecule has 8 heteroatoms. The maximum atomic E-state index is 13.5. The van der Waals surface area contributed by atoms with Crippen molar-refractivity contribution in [2.24, 2.45) is 0 Å². The Morgan fingerprint density at radius 1 is 1.11 bits per heavy atom. The van der Waals surface area contributed by atoms with E-state index in [0.717, 1.165) is 30.0 Å². The fourth-order valence-electron chi connectivity index (χ4n) is 2.04. The molecule has 0 fully saturated rings. The molecule has 0 bridgehead atoms. The lowest BCUT2D eigenvalue weighted by Crippen LogP contribution is -2.30. The highest BCUT2D eigenvalue weighted by Gasteiger charge is 2.18. The minimum atomic E-state index is -1.08. The standard InChI is InChI=1S/C19H17F2NO4S/c1-11(23)13-3-6-15(7-4-13)22-19(25)12(2)26-18(24)10-27-17-9-14(20)5-8-16(17)21/h3-9,12H,10H2,1-2H3,(H,22,25)/t12-/m0/s1. The Labute approximate surface area is 159 Å². The van der Waals surface area contributed by atoms with Gasteiger partial charge in [0.15, 0.2) is 11.9 Å². The number of ether oxygens (including phenoxy) is 1. The van der Waals surface area contributed by atoms with Crippen LogP contribution in [0.1, 0.15) is 24.2 Å². The van der Waals surface area contributed by atoms with Gasteiger partial charge in [0, 0.05) is 16.1 Å². The summed E-state index contributed by atoms with van der Waals surface area (Å²) in [6.45, 7) is 2.83. The number of rotatable bonds is 7. The highest BCUT2D eigenvalue weighted by molar-refractivity contribution is 8.00. The molecule has 0 saturated carbocycles. The first kappa shape index (κ1) is 20.6. The zero-order valence-corrected chi connectivity index (χ0v) is 15.4. The minimum absolute atomic E-state index is 0.0189. The average Bonchev–Trinajstić information content (AvgIpc) is 2.62. The number of ketones is 1. The zero-order valence-electron chi connectivity index (χ0n) is 14.6. The molecule has 0 aromatic heterocycles. The third-order valence-corrected chi connectivity index (χ3v) is 4.48. The maximum Gasteiger partial charge on any atom is 0.317 e. The SMILES string of the molecule is CC(=O)c1ccc(NC(=O)[C@H](C)OC(=O)CSc2cc(F)ccc2F)cc1. The average molecular weight is 393 g/mol. The normalized spacial score (nSPS) is 11.6. The van der Waals surface area contributed by atoms with Gasteiger partial charge >= 0.3 is 5.97 Å². The van der Waals surface area contributed by atoms with Crippen molar-refractivity contribution >= 4 is 35.1 Å². The summed E-state index contributed by atoms with van der Waals surface area (Å²) in [6.07, 6.45) is -1.08. The van der Waals surface area contributed by atoms with Crippen molar-refractivity contribution in [1.29, 1.82) is 0 Å². The summed E-state index contributed by atoms with van der Waals surface area (Å²) in [4.78, 5) is 35.1. The molecule has 0 heterocycles. The van der Waals surface area contributed by atoms with Crippen LogP contribution in [0.4, 0.5) is 14.5 Å². The van der Waals surface area contributed by atoms with Crippen LogP contribution in [0.2, 0.25) is 0 Å². The highest BCUT2D eigenvalue weighted by Crippen LogP contribution is 2.23. The van der Waals surface area contributed by atoms with Crippen molar-refractivity contribution in [2.45, 2.75) is 24.8 Å². The van der Waals surface area contributed by atoms with E-state index in [1.807, 2.05) is 0 Å². The van der Waals surface area contributed by atoms with Gasteiger partial charge in [-0.1, -0.05) is 0 Å². The topological polar surface area (TPSA) is 72.5 Å². The molecule has 2 rings (SSSR count). The predicted octanol–water partition coefficient (Wildman–Crippen LogP) is 3.83. The monoisotopic (exact) mass is 393 g/mol. The van der Waals surface area contributed by atoms with Crippen molar-refractivity contribution < 1.29 is 27.9 Å². The maximum absolute atomic E-state index is 13.5. The van der Waals surface area contributed by atoms with E-state index in [4.69, 9.17) is 4.74 Å². The number of nitrogens with one attached hydrogen (secondary N) is 1. The number of carbonyl (C=O) groups is 3. The van der Waals surface area contributed by atoms with Gasteiger partial charge in [0.05, 0.1) is 5.75 Å². The molecular weight excluding hydrogens is 376 g/mol. The van der Waals surface area contributed by atoms with E-state index in [2.05, 4.69) is 5.32 Å². The second-order valence-corrected chi connectivity index (χ2v) is 6.64. The summed E-state index contributed by atoms with van der Waals surface area (Å²) in [5, 5.41) is 2.56. The molecule has 0 aliphatic heterocycles. The fourth-order valence-corrected chi connectivity index (χ4v) is 2.78. The molecule has 0 aliphatic carbocycles. The van der Waals surface area contributed by atoms with E-state index >= 15 is 0 Å². The molecule has 1 amide bonds. The molecule has 1 atom stereocenters. The number of benzene rings is 2.